The van der Waals surface area contributed by atoms with Crippen LogP contribution in [0.15, 0.2) is 24.4 Å². The number of hydrogen-bond acceptors (Lipinski definition) is 4. The fourth-order valence-electron chi connectivity index (χ4n) is 2.29. The van der Waals surface area contributed by atoms with E-state index in [1.807, 2.05) is 6.07 Å². The second-order valence-electron chi connectivity index (χ2n) is 4.57. The Kier molecular flexibility index (Phi) is 3.23. The predicted octanol–water partition coefficient (Wildman–Crippen LogP) is 2.58. The van der Waals surface area contributed by atoms with Crippen molar-refractivity contribution in [3.63, 3.8) is 0 Å². The van der Waals surface area contributed by atoms with Crippen molar-refractivity contribution in [2.24, 2.45) is 0 Å². The summed E-state index contributed by atoms with van der Waals surface area (Å²) in [6, 6.07) is 4.84. The molecule has 0 spiro atoms. The Morgan fingerprint density at radius 2 is 2.20 bits per heavy atom. The van der Waals surface area contributed by atoms with Crippen molar-refractivity contribution in [1.82, 2.24) is 4.98 Å². The molecule has 102 valence electrons. The van der Waals surface area contributed by atoms with Gasteiger partial charge >= 0.3 is 5.97 Å². The first-order valence-electron chi connectivity index (χ1n) is 6.26. The molecule has 2 N–H and O–H groups in total. The lowest BCUT2D eigenvalue weighted by Gasteiger charge is -2.05. The number of nitrogens with one attached hydrogen (secondary N) is 1. The molecular formula is C14H12N2O3S. The van der Waals surface area contributed by atoms with Gasteiger partial charge < -0.3 is 10.4 Å². The molecule has 0 fully saturated rings. The van der Waals surface area contributed by atoms with E-state index in [1.165, 1.54) is 40.1 Å². The molecule has 0 bridgehead atoms. The number of aromatic carboxylic acids is 1. The molecule has 2 aromatic rings. The van der Waals surface area contributed by atoms with Gasteiger partial charge in [-0.3, -0.25) is 4.79 Å². The van der Waals surface area contributed by atoms with Crippen molar-refractivity contribution in [3.8, 4) is 0 Å². The highest BCUT2D eigenvalue weighted by molar-refractivity contribution is 7.14. The number of carboxylic acid groups (broad SMARTS) is 1. The van der Waals surface area contributed by atoms with Gasteiger partial charge in [0.1, 0.15) is 11.4 Å². The summed E-state index contributed by atoms with van der Waals surface area (Å²) in [4.78, 5) is 29.0. The van der Waals surface area contributed by atoms with Crippen molar-refractivity contribution < 1.29 is 14.7 Å². The van der Waals surface area contributed by atoms with E-state index in [0.717, 1.165) is 19.3 Å². The Morgan fingerprint density at radius 3 is 2.95 bits per heavy atom. The van der Waals surface area contributed by atoms with Crippen LogP contribution in [0.4, 0.5) is 5.82 Å². The van der Waals surface area contributed by atoms with Crippen LogP contribution in [-0.2, 0) is 12.8 Å². The predicted molar refractivity (Wildman–Crippen MR) is 75.5 cm³/mol. The maximum atomic E-state index is 12.2. The van der Waals surface area contributed by atoms with E-state index in [-0.39, 0.29) is 17.3 Å². The van der Waals surface area contributed by atoms with E-state index in [9.17, 15) is 9.59 Å². The lowest BCUT2D eigenvalue weighted by Crippen LogP contribution is -2.15. The number of anilines is 1. The van der Waals surface area contributed by atoms with Gasteiger partial charge in [0, 0.05) is 11.1 Å². The second kappa shape index (κ2) is 5.05. The molecule has 1 aliphatic carbocycles. The van der Waals surface area contributed by atoms with Gasteiger partial charge in [-0.15, -0.1) is 11.3 Å². The SMILES string of the molecule is O=C(Nc1ncccc1C(=O)O)c1cc2c(s1)CCC2. The molecule has 2 heterocycles. The smallest absolute Gasteiger partial charge is 0.339 e. The molecular weight excluding hydrogens is 276 g/mol. The molecule has 0 aliphatic heterocycles. The minimum absolute atomic E-state index is 0.00931. The quantitative estimate of drug-likeness (QED) is 0.909. The van der Waals surface area contributed by atoms with Gasteiger partial charge in [-0.2, -0.15) is 0 Å². The monoisotopic (exact) mass is 288 g/mol. The zero-order valence-electron chi connectivity index (χ0n) is 10.5. The van der Waals surface area contributed by atoms with Gasteiger partial charge in [-0.05, 0) is 43.0 Å². The number of carbonyl (C=O) groups is 2. The number of carbonyl (C=O) groups excluding carboxylic acids is 1. The Bertz CT molecular complexity index is 672. The number of thiophene rings is 1. The summed E-state index contributed by atoms with van der Waals surface area (Å²) in [5, 5.41) is 11.6. The first-order chi connectivity index (χ1) is 9.65. The van der Waals surface area contributed by atoms with Crippen LogP contribution in [0.2, 0.25) is 0 Å². The number of hydrogen-bond donors (Lipinski definition) is 2. The Labute approximate surface area is 119 Å². The maximum Gasteiger partial charge on any atom is 0.339 e. The van der Waals surface area contributed by atoms with E-state index < -0.39 is 5.97 Å². The molecule has 5 nitrogen and oxygen atoms in total. The number of fused-ring (bicyclic) bond motifs is 1. The third-order valence-electron chi connectivity index (χ3n) is 3.24. The molecule has 0 aromatic carbocycles. The third-order valence-corrected chi connectivity index (χ3v) is 4.48. The highest BCUT2D eigenvalue weighted by Gasteiger charge is 2.20. The van der Waals surface area contributed by atoms with E-state index in [0.29, 0.717) is 4.88 Å². The van der Waals surface area contributed by atoms with Crippen LogP contribution >= 0.6 is 11.3 Å². The topological polar surface area (TPSA) is 79.3 Å². The molecule has 0 radical (unpaired) electrons. The van der Waals surface area contributed by atoms with E-state index >= 15 is 0 Å². The normalized spacial score (nSPS) is 13.0. The summed E-state index contributed by atoms with van der Waals surface area (Å²) in [6.07, 6.45) is 4.64. The largest absolute Gasteiger partial charge is 0.478 e. The standard InChI is InChI=1S/C14H12N2O3S/c17-13(11-7-8-3-1-5-10(8)20-11)16-12-9(14(18)19)4-2-6-15-12/h2,4,6-7H,1,3,5H2,(H,18,19)(H,15,16,17). The highest BCUT2D eigenvalue weighted by atomic mass is 32.1. The molecule has 0 saturated carbocycles. The zero-order valence-corrected chi connectivity index (χ0v) is 11.4. The lowest BCUT2D eigenvalue weighted by molar-refractivity contribution is 0.0697. The van der Waals surface area contributed by atoms with Crippen molar-refractivity contribution in [1.29, 1.82) is 0 Å². The molecule has 1 amide bonds. The first kappa shape index (κ1) is 12.8. The summed E-state index contributed by atoms with van der Waals surface area (Å²) in [7, 11) is 0. The Balaban J connectivity index is 1.84. The number of amides is 1. The number of nitrogens with zero attached hydrogens (tertiary/aromatic N) is 1. The molecule has 6 heteroatoms. The minimum Gasteiger partial charge on any atom is -0.478 e. The fourth-order valence-corrected chi connectivity index (χ4v) is 3.44. The Morgan fingerprint density at radius 1 is 1.35 bits per heavy atom. The maximum absolute atomic E-state index is 12.2. The van der Waals surface area contributed by atoms with Crippen LogP contribution in [-0.4, -0.2) is 22.0 Å². The first-order valence-corrected chi connectivity index (χ1v) is 7.08. The Hall–Kier alpha value is -2.21. The van der Waals surface area contributed by atoms with Crippen molar-refractivity contribution in [2.45, 2.75) is 19.3 Å². The molecule has 3 rings (SSSR count). The summed E-state index contributed by atoms with van der Waals surface area (Å²) >= 11 is 1.48. The van der Waals surface area contributed by atoms with Crippen LogP contribution in [0.5, 0.6) is 0 Å². The third kappa shape index (κ3) is 2.30. The van der Waals surface area contributed by atoms with E-state index in [2.05, 4.69) is 10.3 Å². The van der Waals surface area contributed by atoms with Gasteiger partial charge in [0.2, 0.25) is 0 Å². The molecule has 0 atom stereocenters. The highest BCUT2D eigenvalue weighted by Crippen LogP contribution is 2.31. The van der Waals surface area contributed by atoms with E-state index in [1.54, 1.807) is 0 Å². The fraction of sp³-hybridized carbons (Fsp3) is 0.214. The molecule has 1 aliphatic rings. The van der Waals surface area contributed by atoms with E-state index in [4.69, 9.17) is 5.11 Å². The summed E-state index contributed by atoms with van der Waals surface area (Å²) < 4.78 is 0. The summed E-state index contributed by atoms with van der Waals surface area (Å²) in [5.74, 6) is -1.33. The van der Waals surface area contributed by atoms with Crippen molar-refractivity contribution in [3.05, 3.63) is 45.3 Å². The van der Waals surface area contributed by atoms with Crippen molar-refractivity contribution >= 4 is 29.0 Å². The van der Waals surface area contributed by atoms with Gasteiger partial charge in [0.15, 0.2) is 0 Å². The van der Waals surface area contributed by atoms with Gasteiger partial charge in [0.25, 0.3) is 5.91 Å². The molecule has 0 unspecified atom stereocenters. The number of carboxylic acids is 1. The van der Waals surface area contributed by atoms with Gasteiger partial charge in [-0.25, -0.2) is 9.78 Å². The van der Waals surface area contributed by atoms with Crippen LogP contribution in [0.1, 0.15) is 36.9 Å². The van der Waals surface area contributed by atoms with Crippen molar-refractivity contribution in [2.75, 3.05) is 5.32 Å². The molecule has 0 saturated heterocycles. The van der Waals surface area contributed by atoms with Crippen LogP contribution in [0, 0.1) is 0 Å². The minimum atomic E-state index is -1.11. The number of pyridine rings is 1. The summed E-state index contributed by atoms with van der Waals surface area (Å²) in [5.41, 5.74) is 1.23. The molecule has 2 aromatic heterocycles. The zero-order chi connectivity index (χ0) is 14.1. The van der Waals surface area contributed by atoms with Gasteiger partial charge in [-0.1, -0.05) is 0 Å². The summed E-state index contributed by atoms with van der Waals surface area (Å²) in [6.45, 7) is 0. The van der Waals surface area contributed by atoms with Crippen LogP contribution < -0.4 is 5.32 Å². The lowest BCUT2D eigenvalue weighted by atomic mass is 10.2. The second-order valence-corrected chi connectivity index (χ2v) is 5.71. The van der Waals surface area contributed by atoms with Crippen LogP contribution in [0.25, 0.3) is 0 Å². The number of rotatable bonds is 3. The van der Waals surface area contributed by atoms with Gasteiger partial charge in [0.05, 0.1) is 4.88 Å². The average molecular weight is 288 g/mol. The average Bonchev–Trinajstić information content (AvgIpc) is 2.99. The van der Waals surface area contributed by atoms with Crippen LogP contribution in [0.3, 0.4) is 0 Å². The number of aryl methyl sites for hydroxylation is 2. The molecule has 20 heavy (non-hydrogen) atoms. The number of aromatic nitrogens is 1.